The zero-order chi connectivity index (χ0) is 35.2. The first-order chi connectivity index (χ1) is 23.4. The van der Waals surface area contributed by atoms with Gasteiger partial charge in [0.2, 0.25) is 0 Å². The third-order valence-electron chi connectivity index (χ3n) is 8.44. The van der Waals surface area contributed by atoms with Crippen LogP contribution in [0.4, 0.5) is 0 Å². The van der Waals surface area contributed by atoms with Crippen LogP contribution in [0.15, 0.2) is 24.5 Å². The SMILES string of the molecule is CCCC/C=C\CCCCCCCC(=O)O[C@H](CO/C=C\CCCCCCCCCCCCCCCCCC)COP(=O)(O)OCCN. The van der Waals surface area contributed by atoms with Crippen LogP contribution in [0.1, 0.15) is 187 Å². The molecule has 0 aromatic heterocycles. The molecule has 284 valence electrons. The van der Waals surface area contributed by atoms with E-state index >= 15 is 0 Å². The van der Waals surface area contributed by atoms with Crippen molar-refractivity contribution in [1.82, 2.24) is 0 Å². The molecule has 9 heteroatoms. The number of rotatable bonds is 38. The topological polar surface area (TPSA) is 117 Å². The molecular formula is C39H76NO7P. The largest absolute Gasteiger partial charge is 0.498 e. The van der Waals surface area contributed by atoms with Crippen LogP contribution in [0.25, 0.3) is 0 Å². The van der Waals surface area contributed by atoms with Crippen molar-refractivity contribution >= 4 is 13.8 Å². The van der Waals surface area contributed by atoms with Crippen molar-refractivity contribution < 1.29 is 32.8 Å². The molecule has 2 atom stereocenters. The second kappa shape index (κ2) is 37.1. The van der Waals surface area contributed by atoms with Gasteiger partial charge in [0.1, 0.15) is 6.61 Å². The van der Waals surface area contributed by atoms with Gasteiger partial charge in [0.05, 0.1) is 19.5 Å². The molecule has 8 nitrogen and oxygen atoms in total. The van der Waals surface area contributed by atoms with Crippen LogP contribution < -0.4 is 5.73 Å². The molecule has 1 unspecified atom stereocenters. The minimum Gasteiger partial charge on any atom is -0.498 e. The van der Waals surface area contributed by atoms with Gasteiger partial charge < -0.3 is 20.1 Å². The van der Waals surface area contributed by atoms with Crippen molar-refractivity contribution in [1.29, 1.82) is 0 Å². The van der Waals surface area contributed by atoms with E-state index in [4.69, 9.17) is 24.3 Å². The zero-order valence-electron chi connectivity index (χ0n) is 31.2. The van der Waals surface area contributed by atoms with Crippen molar-refractivity contribution in [3.05, 3.63) is 24.5 Å². The first-order valence-corrected chi connectivity index (χ1v) is 21.4. The third kappa shape index (κ3) is 36.1. The molecule has 0 aliphatic rings. The Morgan fingerprint density at radius 2 is 1.08 bits per heavy atom. The number of phosphoric ester groups is 1. The van der Waals surface area contributed by atoms with E-state index in [9.17, 15) is 14.3 Å². The highest BCUT2D eigenvalue weighted by molar-refractivity contribution is 7.47. The lowest BCUT2D eigenvalue weighted by atomic mass is 10.0. The molecule has 0 bridgehead atoms. The van der Waals surface area contributed by atoms with Gasteiger partial charge in [-0.15, -0.1) is 0 Å². The van der Waals surface area contributed by atoms with Crippen molar-refractivity contribution in [2.24, 2.45) is 5.73 Å². The Balaban J connectivity index is 4.07. The number of esters is 1. The van der Waals surface area contributed by atoms with Crippen LogP contribution in [-0.2, 0) is 27.9 Å². The van der Waals surface area contributed by atoms with Crippen LogP contribution in [0.2, 0.25) is 0 Å². The number of carbonyl (C=O) groups is 1. The maximum Gasteiger partial charge on any atom is 0.472 e. The Bertz CT molecular complexity index is 792. The molecule has 0 amide bonds. The summed E-state index contributed by atoms with van der Waals surface area (Å²) in [7, 11) is -4.28. The maximum atomic E-state index is 12.5. The van der Waals surface area contributed by atoms with Gasteiger partial charge in [0.25, 0.3) is 0 Å². The average molecular weight is 702 g/mol. The van der Waals surface area contributed by atoms with E-state index in [1.54, 1.807) is 6.26 Å². The Kier molecular flexibility index (Phi) is 36.2. The predicted molar refractivity (Wildman–Crippen MR) is 201 cm³/mol. The average Bonchev–Trinajstić information content (AvgIpc) is 3.07. The predicted octanol–water partition coefficient (Wildman–Crippen LogP) is 11.6. The molecule has 0 saturated heterocycles. The fraction of sp³-hybridized carbons (Fsp3) is 0.872. The Morgan fingerprint density at radius 3 is 1.60 bits per heavy atom. The van der Waals surface area contributed by atoms with Gasteiger partial charge in [0, 0.05) is 13.0 Å². The fourth-order valence-electron chi connectivity index (χ4n) is 5.47. The summed E-state index contributed by atoms with van der Waals surface area (Å²) in [6, 6.07) is 0. The molecule has 0 fully saturated rings. The highest BCUT2D eigenvalue weighted by Crippen LogP contribution is 2.43. The molecule has 0 aromatic carbocycles. The maximum absolute atomic E-state index is 12.5. The van der Waals surface area contributed by atoms with Gasteiger partial charge in [-0.1, -0.05) is 154 Å². The van der Waals surface area contributed by atoms with Gasteiger partial charge in [0.15, 0.2) is 6.10 Å². The minimum absolute atomic E-state index is 0.0316. The number of ether oxygens (including phenoxy) is 2. The van der Waals surface area contributed by atoms with Crippen LogP contribution in [-0.4, -0.2) is 43.3 Å². The fourth-order valence-corrected chi connectivity index (χ4v) is 6.24. The van der Waals surface area contributed by atoms with E-state index in [1.165, 1.54) is 122 Å². The summed E-state index contributed by atoms with van der Waals surface area (Å²) >= 11 is 0. The van der Waals surface area contributed by atoms with Gasteiger partial charge in [-0.3, -0.25) is 13.8 Å². The second-order valence-electron chi connectivity index (χ2n) is 13.2. The number of nitrogens with two attached hydrogens (primary N) is 1. The van der Waals surface area contributed by atoms with E-state index in [0.717, 1.165) is 44.9 Å². The number of phosphoric acid groups is 1. The summed E-state index contributed by atoms with van der Waals surface area (Å²) in [5.41, 5.74) is 5.35. The number of allylic oxidation sites excluding steroid dienone is 3. The lowest BCUT2D eigenvalue weighted by Gasteiger charge is -2.19. The first-order valence-electron chi connectivity index (χ1n) is 19.9. The number of carbonyl (C=O) groups excluding carboxylic acids is 1. The molecule has 0 spiro atoms. The van der Waals surface area contributed by atoms with E-state index in [1.807, 2.05) is 6.08 Å². The summed E-state index contributed by atoms with van der Waals surface area (Å²) in [6.07, 6.45) is 40.0. The standard InChI is InChI=1S/C39H76NO7P/c1-3-5-7-9-11-13-15-16-17-18-19-20-21-23-25-27-29-31-34-44-36-38(37-46-48(42,43)45-35-33-40)47-39(41)32-30-28-26-24-22-14-12-10-8-6-4-2/h10,12,31,34,38H,3-9,11,13-30,32-33,35-37,40H2,1-2H3,(H,42,43)/b12-10-,34-31-/t38-/m1/s1. The van der Waals surface area contributed by atoms with Gasteiger partial charge >= 0.3 is 13.8 Å². The summed E-state index contributed by atoms with van der Waals surface area (Å²) in [4.78, 5) is 22.3. The van der Waals surface area contributed by atoms with Crippen LogP contribution in [0.5, 0.6) is 0 Å². The zero-order valence-corrected chi connectivity index (χ0v) is 32.1. The van der Waals surface area contributed by atoms with Crippen LogP contribution >= 0.6 is 7.82 Å². The quantitative estimate of drug-likeness (QED) is 0.0215. The highest BCUT2D eigenvalue weighted by Gasteiger charge is 2.25. The van der Waals surface area contributed by atoms with E-state index in [0.29, 0.717) is 6.42 Å². The van der Waals surface area contributed by atoms with Gasteiger partial charge in [-0.25, -0.2) is 4.57 Å². The molecule has 0 aliphatic carbocycles. The summed E-state index contributed by atoms with van der Waals surface area (Å²) < 4.78 is 33.0. The van der Waals surface area contributed by atoms with E-state index in [2.05, 4.69) is 26.0 Å². The molecule has 0 radical (unpaired) electrons. The Morgan fingerprint density at radius 1 is 0.625 bits per heavy atom. The van der Waals surface area contributed by atoms with Crippen molar-refractivity contribution in [3.8, 4) is 0 Å². The molecular weight excluding hydrogens is 625 g/mol. The number of hydrogen-bond acceptors (Lipinski definition) is 7. The molecule has 0 saturated carbocycles. The summed E-state index contributed by atoms with van der Waals surface area (Å²) in [5, 5.41) is 0. The lowest BCUT2D eigenvalue weighted by Crippen LogP contribution is -2.27. The molecule has 3 N–H and O–H groups in total. The lowest BCUT2D eigenvalue weighted by molar-refractivity contribution is -0.153. The van der Waals surface area contributed by atoms with Crippen molar-refractivity contribution in [2.75, 3.05) is 26.4 Å². The molecule has 0 rings (SSSR count). The highest BCUT2D eigenvalue weighted by atomic mass is 31.2. The van der Waals surface area contributed by atoms with Crippen molar-refractivity contribution in [2.45, 2.75) is 193 Å². The molecule has 0 heterocycles. The van der Waals surface area contributed by atoms with Crippen LogP contribution in [0, 0.1) is 0 Å². The van der Waals surface area contributed by atoms with E-state index < -0.39 is 13.9 Å². The molecule has 0 aliphatic heterocycles. The number of hydrogen-bond donors (Lipinski definition) is 2. The normalized spacial score (nSPS) is 13.8. The smallest absolute Gasteiger partial charge is 0.472 e. The Hall–Kier alpha value is -1.18. The van der Waals surface area contributed by atoms with E-state index in [-0.39, 0.29) is 32.3 Å². The first kappa shape index (κ1) is 46.8. The second-order valence-corrected chi connectivity index (χ2v) is 14.7. The van der Waals surface area contributed by atoms with Crippen LogP contribution in [0.3, 0.4) is 0 Å². The van der Waals surface area contributed by atoms with Gasteiger partial charge in [-0.05, 0) is 44.6 Å². The monoisotopic (exact) mass is 702 g/mol. The summed E-state index contributed by atoms with van der Waals surface area (Å²) in [5.74, 6) is -0.362. The summed E-state index contributed by atoms with van der Waals surface area (Å²) in [6.45, 7) is 4.20. The molecule has 0 aromatic rings. The third-order valence-corrected chi connectivity index (χ3v) is 9.42. The molecule has 48 heavy (non-hydrogen) atoms. The Labute approximate surface area is 296 Å². The van der Waals surface area contributed by atoms with Gasteiger partial charge in [-0.2, -0.15) is 0 Å². The minimum atomic E-state index is -4.28. The number of unbranched alkanes of at least 4 members (excludes halogenated alkanes) is 23. The van der Waals surface area contributed by atoms with Crippen molar-refractivity contribution in [3.63, 3.8) is 0 Å².